The number of carbonyl (C=O) groups is 1. The van der Waals surface area contributed by atoms with Crippen molar-refractivity contribution in [3.8, 4) is 0 Å². The van der Waals surface area contributed by atoms with Crippen LogP contribution in [-0.2, 0) is 22.1 Å². The minimum Gasteiger partial charge on any atom is -0.465 e. The van der Waals surface area contributed by atoms with Crippen LogP contribution in [0, 0.1) is 0 Å². The Bertz CT molecular complexity index is 463. The molecule has 19 heavy (non-hydrogen) atoms. The molecule has 0 saturated carbocycles. The van der Waals surface area contributed by atoms with Crippen LogP contribution in [0.3, 0.4) is 0 Å². The van der Waals surface area contributed by atoms with Crippen molar-refractivity contribution in [1.29, 1.82) is 0 Å². The van der Waals surface area contributed by atoms with E-state index in [2.05, 4.69) is 15.9 Å². The quantitative estimate of drug-likeness (QED) is 0.594. The minimum absolute atomic E-state index is 0.00154. The zero-order valence-electron chi connectivity index (χ0n) is 9.93. The third kappa shape index (κ3) is 4.69. The number of ether oxygens (including phenoxy) is 1. The van der Waals surface area contributed by atoms with Gasteiger partial charge in [-0.3, -0.25) is 4.79 Å². The number of rotatable bonds is 4. The van der Waals surface area contributed by atoms with Gasteiger partial charge < -0.3 is 4.74 Å². The highest BCUT2D eigenvalue weighted by Gasteiger charge is 2.34. The first-order valence-corrected chi connectivity index (χ1v) is 6.71. The number of alkyl halides is 4. The van der Waals surface area contributed by atoms with E-state index in [9.17, 15) is 18.0 Å². The molecule has 1 rings (SSSR count). The molecule has 106 valence electrons. The van der Waals surface area contributed by atoms with E-state index in [0.717, 1.165) is 6.07 Å². The Morgan fingerprint density at radius 3 is 2.63 bits per heavy atom. The van der Waals surface area contributed by atoms with Gasteiger partial charge in [0.15, 0.2) is 0 Å². The number of hydrogen-bond donors (Lipinski definition) is 0. The van der Waals surface area contributed by atoms with Gasteiger partial charge in [-0.05, 0) is 31.0 Å². The SMILES string of the molecule is CCOC(=O)C(Br)Cc1ccc(Cl)cc1C(F)(F)F. The lowest BCUT2D eigenvalue weighted by Crippen LogP contribution is -2.21. The zero-order chi connectivity index (χ0) is 14.6. The molecule has 0 aliphatic rings. The number of carbonyl (C=O) groups excluding carboxylic acids is 1. The van der Waals surface area contributed by atoms with Crippen LogP contribution in [0.5, 0.6) is 0 Å². The Balaban J connectivity index is 2.98. The topological polar surface area (TPSA) is 26.3 Å². The van der Waals surface area contributed by atoms with Crippen molar-refractivity contribution < 1.29 is 22.7 Å². The van der Waals surface area contributed by atoms with Crippen LogP contribution in [0.4, 0.5) is 13.2 Å². The Labute approximate surface area is 122 Å². The van der Waals surface area contributed by atoms with E-state index >= 15 is 0 Å². The average molecular weight is 360 g/mol. The summed E-state index contributed by atoms with van der Waals surface area (Å²) in [6.07, 6.45) is -4.63. The van der Waals surface area contributed by atoms with Gasteiger partial charge in [-0.15, -0.1) is 0 Å². The van der Waals surface area contributed by atoms with Gasteiger partial charge in [-0.1, -0.05) is 33.6 Å². The second kappa shape index (κ2) is 6.61. The van der Waals surface area contributed by atoms with Crippen LogP contribution in [-0.4, -0.2) is 17.4 Å². The van der Waals surface area contributed by atoms with Crippen LogP contribution in [0.15, 0.2) is 18.2 Å². The Morgan fingerprint density at radius 1 is 1.47 bits per heavy atom. The molecule has 0 heterocycles. The van der Waals surface area contributed by atoms with Gasteiger partial charge in [0.1, 0.15) is 4.83 Å². The second-order valence-electron chi connectivity index (χ2n) is 3.72. The van der Waals surface area contributed by atoms with Crippen molar-refractivity contribution in [3.63, 3.8) is 0 Å². The fourth-order valence-corrected chi connectivity index (χ4v) is 2.15. The van der Waals surface area contributed by atoms with Crippen molar-refractivity contribution in [2.75, 3.05) is 6.61 Å². The Hall–Kier alpha value is -0.750. The standard InChI is InChI=1S/C12H11BrClF3O2/c1-2-19-11(18)10(13)5-7-3-4-8(14)6-9(7)12(15,16)17/h3-4,6,10H,2,5H2,1H3. The maximum atomic E-state index is 12.8. The molecule has 0 saturated heterocycles. The first-order chi connectivity index (χ1) is 8.75. The Morgan fingerprint density at radius 2 is 2.11 bits per heavy atom. The lowest BCUT2D eigenvalue weighted by atomic mass is 10.0. The van der Waals surface area contributed by atoms with Gasteiger partial charge in [0.25, 0.3) is 0 Å². The number of halogens is 5. The van der Waals surface area contributed by atoms with E-state index in [1.807, 2.05) is 0 Å². The lowest BCUT2D eigenvalue weighted by Gasteiger charge is -2.15. The maximum Gasteiger partial charge on any atom is 0.416 e. The molecule has 0 aromatic heterocycles. The van der Waals surface area contributed by atoms with Crippen LogP contribution in [0.2, 0.25) is 5.02 Å². The van der Waals surface area contributed by atoms with Gasteiger partial charge in [-0.25, -0.2) is 0 Å². The van der Waals surface area contributed by atoms with Gasteiger partial charge >= 0.3 is 12.1 Å². The van der Waals surface area contributed by atoms with E-state index in [-0.39, 0.29) is 23.6 Å². The molecule has 1 aromatic carbocycles. The molecular weight excluding hydrogens is 348 g/mol. The second-order valence-corrected chi connectivity index (χ2v) is 5.26. The smallest absolute Gasteiger partial charge is 0.416 e. The highest BCUT2D eigenvalue weighted by Crippen LogP contribution is 2.34. The van der Waals surface area contributed by atoms with Gasteiger partial charge in [-0.2, -0.15) is 13.2 Å². The van der Waals surface area contributed by atoms with E-state index in [4.69, 9.17) is 16.3 Å². The van der Waals surface area contributed by atoms with E-state index < -0.39 is 22.5 Å². The molecule has 0 amide bonds. The summed E-state index contributed by atoms with van der Waals surface area (Å²) in [5.74, 6) is -0.592. The zero-order valence-corrected chi connectivity index (χ0v) is 12.3. The normalized spacial score (nSPS) is 13.2. The molecule has 1 unspecified atom stereocenters. The molecule has 0 fully saturated rings. The van der Waals surface area contributed by atoms with Crippen LogP contribution >= 0.6 is 27.5 Å². The van der Waals surface area contributed by atoms with Crippen molar-refractivity contribution >= 4 is 33.5 Å². The first-order valence-electron chi connectivity index (χ1n) is 5.42. The lowest BCUT2D eigenvalue weighted by molar-refractivity contribution is -0.143. The largest absolute Gasteiger partial charge is 0.465 e. The van der Waals surface area contributed by atoms with Gasteiger partial charge in [0.05, 0.1) is 12.2 Å². The summed E-state index contributed by atoms with van der Waals surface area (Å²) in [5.41, 5.74) is -0.847. The van der Waals surface area contributed by atoms with Gasteiger partial charge in [0.2, 0.25) is 0 Å². The summed E-state index contributed by atoms with van der Waals surface area (Å²) in [6.45, 7) is 1.80. The molecule has 1 atom stereocenters. The van der Waals surface area contributed by atoms with Crippen molar-refractivity contribution in [1.82, 2.24) is 0 Å². The van der Waals surface area contributed by atoms with Crippen molar-refractivity contribution in [2.24, 2.45) is 0 Å². The fourth-order valence-electron chi connectivity index (χ4n) is 1.50. The Kier molecular flexibility index (Phi) is 5.67. The highest BCUT2D eigenvalue weighted by molar-refractivity contribution is 9.10. The number of hydrogen-bond acceptors (Lipinski definition) is 2. The summed E-state index contributed by atoms with van der Waals surface area (Å²) in [7, 11) is 0. The van der Waals surface area contributed by atoms with Crippen LogP contribution in [0.1, 0.15) is 18.1 Å². The van der Waals surface area contributed by atoms with Crippen molar-refractivity contribution in [2.45, 2.75) is 24.3 Å². The summed E-state index contributed by atoms with van der Waals surface area (Å²) in [4.78, 5) is 10.6. The van der Waals surface area contributed by atoms with Crippen LogP contribution in [0.25, 0.3) is 0 Å². The minimum atomic E-state index is -4.51. The average Bonchev–Trinajstić information content (AvgIpc) is 2.30. The van der Waals surface area contributed by atoms with Crippen molar-refractivity contribution in [3.05, 3.63) is 34.3 Å². The molecule has 7 heteroatoms. The van der Waals surface area contributed by atoms with E-state index in [0.29, 0.717) is 0 Å². The third-order valence-corrected chi connectivity index (χ3v) is 3.25. The highest BCUT2D eigenvalue weighted by atomic mass is 79.9. The predicted molar refractivity (Wildman–Crippen MR) is 69.5 cm³/mol. The maximum absolute atomic E-state index is 12.8. The van der Waals surface area contributed by atoms with E-state index in [1.54, 1.807) is 6.92 Å². The molecule has 0 bridgehead atoms. The molecule has 0 aliphatic heterocycles. The summed E-state index contributed by atoms with van der Waals surface area (Å²) >= 11 is 8.59. The summed E-state index contributed by atoms with van der Waals surface area (Å²) in [6, 6.07) is 3.47. The number of esters is 1. The molecular formula is C12H11BrClF3O2. The first kappa shape index (κ1) is 16.3. The molecule has 0 N–H and O–H groups in total. The summed E-state index contributed by atoms with van der Waals surface area (Å²) in [5, 5.41) is -0.00154. The fraction of sp³-hybridized carbons (Fsp3) is 0.417. The molecule has 0 aliphatic carbocycles. The monoisotopic (exact) mass is 358 g/mol. The number of benzene rings is 1. The predicted octanol–water partition coefficient (Wildman–Crippen LogP) is 4.23. The molecule has 0 radical (unpaired) electrons. The van der Waals surface area contributed by atoms with E-state index in [1.165, 1.54) is 12.1 Å². The summed E-state index contributed by atoms with van der Waals surface area (Å²) < 4.78 is 43.2. The molecule has 0 spiro atoms. The van der Waals surface area contributed by atoms with Gasteiger partial charge in [0, 0.05) is 5.02 Å². The molecule has 2 nitrogen and oxygen atoms in total. The third-order valence-electron chi connectivity index (χ3n) is 2.32. The molecule has 1 aromatic rings. The van der Waals surface area contributed by atoms with Crippen LogP contribution < -0.4 is 0 Å².